The summed E-state index contributed by atoms with van der Waals surface area (Å²) >= 11 is 0. The molecule has 3 amide bonds. The highest BCUT2D eigenvalue weighted by Gasteiger charge is 2.22. The van der Waals surface area contributed by atoms with E-state index in [0.717, 1.165) is 16.7 Å². The molecule has 2 atom stereocenters. The molecule has 0 radical (unpaired) electrons. The van der Waals surface area contributed by atoms with E-state index in [4.69, 9.17) is 19.9 Å². The number of alkyl carbamates (subject to hydrolysis) is 1. The lowest BCUT2D eigenvalue weighted by molar-refractivity contribution is -0.128. The van der Waals surface area contributed by atoms with Crippen LogP contribution < -0.4 is 25.8 Å². The van der Waals surface area contributed by atoms with Crippen LogP contribution in [0.15, 0.2) is 109 Å². The average molecular weight is 612 g/mol. The first-order valence-corrected chi connectivity index (χ1v) is 14.5. The zero-order valence-electron chi connectivity index (χ0n) is 24.8. The molecule has 0 aliphatic heterocycles. The third-order valence-corrected chi connectivity index (χ3v) is 6.72. The van der Waals surface area contributed by atoms with E-state index >= 15 is 0 Å². The SMILES string of the molecule is NC(=O)[C@H](Cc1ccc(OCc2ccccc2)c(OCc2ccccc2)c1)NC(=O)C[C@@H](O)CNC(=O)OCc1ccccc1. The number of ether oxygens (including phenoxy) is 3. The van der Waals surface area contributed by atoms with Gasteiger partial charge in [-0.25, -0.2) is 4.79 Å². The maximum absolute atomic E-state index is 12.6. The zero-order valence-corrected chi connectivity index (χ0v) is 24.8. The Balaban J connectivity index is 1.32. The number of aliphatic hydroxyl groups is 1. The van der Waals surface area contributed by atoms with E-state index in [9.17, 15) is 19.5 Å². The highest BCUT2D eigenvalue weighted by atomic mass is 16.5. The summed E-state index contributed by atoms with van der Waals surface area (Å²) in [5.74, 6) is -0.343. The van der Waals surface area contributed by atoms with Crippen LogP contribution in [0.1, 0.15) is 28.7 Å². The summed E-state index contributed by atoms with van der Waals surface area (Å²) in [5.41, 5.74) is 9.07. The second-order valence-electron chi connectivity index (χ2n) is 10.4. The van der Waals surface area contributed by atoms with Gasteiger partial charge >= 0.3 is 6.09 Å². The van der Waals surface area contributed by atoms with E-state index in [2.05, 4.69) is 10.6 Å². The quantitative estimate of drug-likeness (QED) is 0.149. The molecule has 0 aliphatic rings. The molecule has 4 rings (SSSR count). The Bertz CT molecular complexity index is 1520. The van der Waals surface area contributed by atoms with Gasteiger partial charge < -0.3 is 35.7 Å². The maximum atomic E-state index is 12.6. The van der Waals surface area contributed by atoms with E-state index in [1.165, 1.54) is 0 Å². The third kappa shape index (κ3) is 11.3. The molecule has 0 spiro atoms. The summed E-state index contributed by atoms with van der Waals surface area (Å²) < 4.78 is 17.3. The normalized spacial score (nSPS) is 11.9. The summed E-state index contributed by atoms with van der Waals surface area (Å²) in [4.78, 5) is 36.9. The van der Waals surface area contributed by atoms with Crippen LogP contribution in [0.2, 0.25) is 0 Å². The van der Waals surface area contributed by atoms with Crippen LogP contribution in [-0.4, -0.2) is 41.7 Å². The molecule has 4 aromatic rings. The number of nitrogens with two attached hydrogens (primary N) is 1. The molecule has 0 fully saturated rings. The molecule has 0 saturated heterocycles. The number of carbonyl (C=O) groups excluding carboxylic acids is 3. The minimum absolute atomic E-state index is 0.0721. The molecule has 0 unspecified atom stereocenters. The van der Waals surface area contributed by atoms with Crippen LogP contribution in [-0.2, 0) is 40.6 Å². The van der Waals surface area contributed by atoms with Crippen molar-refractivity contribution in [2.75, 3.05) is 6.54 Å². The largest absolute Gasteiger partial charge is 0.485 e. The number of rotatable bonds is 16. The van der Waals surface area contributed by atoms with Gasteiger partial charge in [0.2, 0.25) is 11.8 Å². The molecule has 0 bridgehead atoms. The minimum Gasteiger partial charge on any atom is -0.485 e. The van der Waals surface area contributed by atoms with E-state index < -0.39 is 30.1 Å². The molecule has 0 aromatic heterocycles. The van der Waals surface area contributed by atoms with Gasteiger partial charge in [-0.05, 0) is 34.4 Å². The number of amides is 3. The van der Waals surface area contributed by atoms with E-state index in [1.54, 1.807) is 18.2 Å². The van der Waals surface area contributed by atoms with Gasteiger partial charge in [0.05, 0.1) is 12.5 Å². The minimum atomic E-state index is -1.21. The fraction of sp³-hybridized carbons (Fsp3) is 0.229. The Kier molecular flexibility index (Phi) is 12.4. The third-order valence-electron chi connectivity index (χ3n) is 6.72. The van der Waals surface area contributed by atoms with Gasteiger partial charge in [-0.1, -0.05) is 97.1 Å². The zero-order chi connectivity index (χ0) is 31.9. The molecule has 0 saturated carbocycles. The van der Waals surface area contributed by atoms with Gasteiger partial charge in [0, 0.05) is 13.0 Å². The number of hydrogen-bond acceptors (Lipinski definition) is 7. The van der Waals surface area contributed by atoms with Crippen molar-refractivity contribution in [2.24, 2.45) is 5.73 Å². The highest BCUT2D eigenvalue weighted by Crippen LogP contribution is 2.30. The van der Waals surface area contributed by atoms with Crippen molar-refractivity contribution in [3.8, 4) is 11.5 Å². The van der Waals surface area contributed by atoms with Crippen LogP contribution >= 0.6 is 0 Å². The Morgan fingerprint density at radius 1 is 0.689 bits per heavy atom. The molecule has 10 nitrogen and oxygen atoms in total. The van der Waals surface area contributed by atoms with Gasteiger partial charge in [-0.3, -0.25) is 9.59 Å². The fourth-order valence-corrected chi connectivity index (χ4v) is 4.36. The summed E-state index contributed by atoms with van der Waals surface area (Å²) in [6.45, 7) is 0.495. The van der Waals surface area contributed by atoms with Gasteiger partial charge in [-0.15, -0.1) is 0 Å². The van der Waals surface area contributed by atoms with Crippen LogP contribution in [0.5, 0.6) is 11.5 Å². The fourth-order valence-electron chi connectivity index (χ4n) is 4.36. The number of nitrogens with one attached hydrogen (secondary N) is 2. The van der Waals surface area contributed by atoms with Crippen LogP contribution in [0, 0.1) is 0 Å². The standard InChI is InChI=1S/C35H37N3O7/c36-34(41)30(38-33(40)20-29(39)21-37-35(42)45-24-27-14-8-3-9-15-27)18-28-16-17-31(43-22-25-10-4-1-5-11-25)32(19-28)44-23-26-12-6-2-7-13-26/h1-17,19,29-30,39H,18,20-24H2,(H2,36,41)(H,37,42)(H,38,40)/t29-,30+/m1/s1. The average Bonchev–Trinajstić information content (AvgIpc) is 3.06. The molecule has 0 aliphatic carbocycles. The second-order valence-corrected chi connectivity index (χ2v) is 10.4. The van der Waals surface area contributed by atoms with E-state index in [1.807, 2.05) is 91.0 Å². The van der Waals surface area contributed by atoms with Crippen molar-refractivity contribution >= 4 is 17.9 Å². The summed E-state index contributed by atoms with van der Waals surface area (Å²) in [6, 6.07) is 32.8. The molecular weight excluding hydrogens is 574 g/mol. The Morgan fingerprint density at radius 3 is 1.78 bits per heavy atom. The number of benzene rings is 4. The Morgan fingerprint density at radius 2 is 1.22 bits per heavy atom. The number of carbonyl (C=O) groups is 3. The second kappa shape index (κ2) is 17.1. The van der Waals surface area contributed by atoms with Crippen molar-refractivity contribution < 1.29 is 33.7 Å². The number of hydrogen-bond donors (Lipinski definition) is 4. The molecular formula is C35H37N3O7. The highest BCUT2D eigenvalue weighted by molar-refractivity contribution is 5.87. The van der Waals surface area contributed by atoms with Gasteiger partial charge in [-0.2, -0.15) is 0 Å². The molecule has 0 heterocycles. The molecule has 234 valence electrons. The van der Waals surface area contributed by atoms with Crippen LogP contribution in [0.25, 0.3) is 0 Å². The van der Waals surface area contributed by atoms with Crippen molar-refractivity contribution in [1.29, 1.82) is 0 Å². The smallest absolute Gasteiger partial charge is 0.407 e. The monoisotopic (exact) mass is 611 g/mol. The van der Waals surface area contributed by atoms with Crippen molar-refractivity contribution in [3.63, 3.8) is 0 Å². The topological polar surface area (TPSA) is 149 Å². The first-order valence-electron chi connectivity index (χ1n) is 14.5. The first kappa shape index (κ1) is 32.6. The van der Waals surface area contributed by atoms with Crippen molar-refractivity contribution in [1.82, 2.24) is 10.6 Å². The van der Waals surface area contributed by atoms with Gasteiger partial charge in [0.25, 0.3) is 0 Å². The van der Waals surface area contributed by atoms with Crippen LogP contribution in [0.4, 0.5) is 4.79 Å². The number of primary amides is 1. The molecule has 5 N–H and O–H groups in total. The first-order chi connectivity index (χ1) is 21.9. The summed E-state index contributed by atoms with van der Waals surface area (Å²) in [6.07, 6.45) is -2.21. The van der Waals surface area contributed by atoms with Crippen molar-refractivity contribution in [3.05, 3.63) is 131 Å². The Labute approximate surface area is 262 Å². The summed E-state index contributed by atoms with van der Waals surface area (Å²) in [5, 5.41) is 15.3. The number of aliphatic hydroxyl groups excluding tert-OH is 1. The molecule has 10 heteroatoms. The van der Waals surface area contributed by atoms with E-state index in [0.29, 0.717) is 30.3 Å². The summed E-state index contributed by atoms with van der Waals surface area (Å²) in [7, 11) is 0. The molecule has 45 heavy (non-hydrogen) atoms. The van der Waals surface area contributed by atoms with Gasteiger partial charge in [0.15, 0.2) is 11.5 Å². The predicted octanol–water partition coefficient (Wildman–Crippen LogP) is 4.03. The lowest BCUT2D eigenvalue weighted by Gasteiger charge is -2.19. The lowest BCUT2D eigenvalue weighted by Crippen LogP contribution is -2.47. The Hall–Kier alpha value is -5.35. The van der Waals surface area contributed by atoms with Crippen molar-refractivity contribution in [2.45, 2.75) is 44.8 Å². The van der Waals surface area contributed by atoms with Crippen LogP contribution in [0.3, 0.4) is 0 Å². The van der Waals surface area contributed by atoms with Gasteiger partial charge in [0.1, 0.15) is 25.9 Å². The lowest BCUT2D eigenvalue weighted by atomic mass is 10.0. The van der Waals surface area contributed by atoms with E-state index in [-0.39, 0.29) is 26.0 Å². The molecule has 4 aromatic carbocycles. The maximum Gasteiger partial charge on any atom is 0.407 e. The predicted molar refractivity (Wildman–Crippen MR) is 168 cm³/mol.